The van der Waals surface area contributed by atoms with E-state index in [-0.39, 0.29) is 5.75 Å². The maximum atomic E-state index is 12.2. The third-order valence-electron chi connectivity index (χ3n) is 2.90. The Kier molecular flexibility index (Phi) is 3.78. The van der Waals surface area contributed by atoms with Crippen LogP contribution in [0.2, 0.25) is 0 Å². The SMILES string of the molecule is FC(F)(F)Oc1ccc(-c2cc(CBr)nc3ocnc23)cc1. The molecule has 22 heavy (non-hydrogen) atoms. The van der Waals surface area contributed by atoms with Gasteiger partial charge < -0.3 is 9.15 Å². The van der Waals surface area contributed by atoms with E-state index in [9.17, 15) is 13.2 Å². The van der Waals surface area contributed by atoms with Crippen LogP contribution in [0.25, 0.3) is 22.4 Å². The third-order valence-corrected chi connectivity index (χ3v) is 3.47. The third kappa shape index (κ3) is 3.06. The number of hydrogen-bond donors (Lipinski definition) is 0. The van der Waals surface area contributed by atoms with Crippen LogP contribution in [0, 0.1) is 0 Å². The molecule has 1 aromatic carbocycles. The second-order valence-electron chi connectivity index (χ2n) is 4.37. The lowest BCUT2D eigenvalue weighted by atomic mass is 10.0. The van der Waals surface area contributed by atoms with Crippen LogP contribution in [-0.2, 0) is 5.33 Å². The summed E-state index contributed by atoms with van der Waals surface area (Å²) in [5.74, 6) is -0.276. The van der Waals surface area contributed by atoms with Gasteiger partial charge in [-0.1, -0.05) is 28.1 Å². The Balaban J connectivity index is 2.02. The summed E-state index contributed by atoms with van der Waals surface area (Å²) in [6.07, 6.45) is -3.43. The lowest BCUT2D eigenvalue weighted by molar-refractivity contribution is -0.274. The van der Waals surface area contributed by atoms with Crippen molar-refractivity contribution in [2.45, 2.75) is 11.7 Å². The number of alkyl halides is 4. The van der Waals surface area contributed by atoms with E-state index in [1.165, 1.54) is 30.7 Å². The summed E-state index contributed by atoms with van der Waals surface area (Å²) in [6, 6.07) is 7.37. The quantitative estimate of drug-likeness (QED) is 0.626. The minimum absolute atomic E-state index is 0.276. The highest BCUT2D eigenvalue weighted by molar-refractivity contribution is 9.08. The van der Waals surface area contributed by atoms with Gasteiger partial charge in [-0.3, -0.25) is 0 Å². The summed E-state index contributed by atoms with van der Waals surface area (Å²) in [4.78, 5) is 8.35. The van der Waals surface area contributed by atoms with Crippen molar-refractivity contribution in [2.24, 2.45) is 0 Å². The highest BCUT2D eigenvalue weighted by Crippen LogP contribution is 2.31. The first-order chi connectivity index (χ1) is 10.5. The van der Waals surface area contributed by atoms with E-state index in [2.05, 4.69) is 30.6 Å². The van der Waals surface area contributed by atoms with Crippen LogP contribution < -0.4 is 4.74 Å². The molecule has 0 aliphatic heterocycles. The fourth-order valence-corrected chi connectivity index (χ4v) is 2.31. The average Bonchev–Trinajstić information content (AvgIpc) is 2.93. The fraction of sp³-hybridized carbons (Fsp3) is 0.143. The molecular weight excluding hydrogens is 365 g/mol. The maximum absolute atomic E-state index is 12.2. The number of ether oxygens (including phenoxy) is 1. The van der Waals surface area contributed by atoms with Crippen molar-refractivity contribution in [3.63, 3.8) is 0 Å². The molecule has 3 rings (SSSR count). The number of benzene rings is 1. The standard InChI is InChI=1S/C14H8BrF3N2O2/c15-6-9-5-11(12-13(20-9)21-7-19-12)8-1-3-10(4-2-8)22-14(16,17)18/h1-5,7H,6H2. The summed E-state index contributed by atoms with van der Waals surface area (Å²) in [6.45, 7) is 0. The summed E-state index contributed by atoms with van der Waals surface area (Å²) < 4.78 is 45.6. The summed E-state index contributed by atoms with van der Waals surface area (Å²) in [7, 11) is 0. The van der Waals surface area contributed by atoms with Crippen LogP contribution in [0.5, 0.6) is 5.75 Å². The van der Waals surface area contributed by atoms with E-state index in [0.717, 1.165) is 11.3 Å². The largest absolute Gasteiger partial charge is 0.573 e. The molecule has 3 aromatic rings. The molecule has 0 spiro atoms. The van der Waals surface area contributed by atoms with E-state index in [1.54, 1.807) is 6.07 Å². The van der Waals surface area contributed by atoms with Gasteiger partial charge in [-0.05, 0) is 23.8 Å². The fourth-order valence-electron chi connectivity index (χ4n) is 2.03. The van der Waals surface area contributed by atoms with Gasteiger partial charge >= 0.3 is 6.36 Å². The van der Waals surface area contributed by atoms with Gasteiger partial charge in [-0.25, -0.2) is 9.97 Å². The minimum Gasteiger partial charge on any atom is -0.425 e. The molecule has 0 unspecified atom stereocenters. The Bertz CT molecular complexity index is 800. The van der Waals surface area contributed by atoms with Gasteiger partial charge in [-0.2, -0.15) is 0 Å². The van der Waals surface area contributed by atoms with Gasteiger partial charge in [0.25, 0.3) is 0 Å². The van der Waals surface area contributed by atoms with Crippen molar-refractivity contribution in [2.75, 3.05) is 0 Å². The summed E-state index contributed by atoms with van der Waals surface area (Å²) >= 11 is 3.31. The average molecular weight is 373 g/mol. The van der Waals surface area contributed by atoms with Crippen molar-refractivity contribution in [3.8, 4) is 16.9 Å². The molecule has 0 aliphatic rings. The van der Waals surface area contributed by atoms with Crippen LogP contribution in [0.4, 0.5) is 13.2 Å². The van der Waals surface area contributed by atoms with Crippen molar-refractivity contribution in [1.29, 1.82) is 0 Å². The molecule has 0 fully saturated rings. The van der Waals surface area contributed by atoms with E-state index in [1.807, 2.05) is 0 Å². The van der Waals surface area contributed by atoms with Gasteiger partial charge in [0, 0.05) is 10.9 Å². The number of rotatable bonds is 3. The van der Waals surface area contributed by atoms with Gasteiger partial charge in [0.15, 0.2) is 6.39 Å². The Morgan fingerprint density at radius 1 is 1.18 bits per heavy atom. The minimum atomic E-state index is -4.71. The lowest BCUT2D eigenvalue weighted by Gasteiger charge is -2.09. The monoisotopic (exact) mass is 372 g/mol. The molecule has 0 atom stereocenters. The van der Waals surface area contributed by atoms with Gasteiger partial charge in [-0.15, -0.1) is 13.2 Å². The molecule has 0 saturated carbocycles. The maximum Gasteiger partial charge on any atom is 0.573 e. The molecule has 8 heteroatoms. The van der Waals surface area contributed by atoms with Crippen molar-refractivity contribution in [1.82, 2.24) is 9.97 Å². The predicted octanol–water partition coefficient (Wildman–Crippen LogP) is 4.68. The molecule has 0 amide bonds. The van der Waals surface area contributed by atoms with Crippen LogP contribution >= 0.6 is 15.9 Å². The van der Waals surface area contributed by atoms with E-state index in [0.29, 0.717) is 22.1 Å². The predicted molar refractivity (Wildman–Crippen MR) is 76.6 cm³/mol. The number of fused-ring (bicyclic) bond motifs is 1. The zero-order valence-corrected chi connectivity index (χ0v) is 12.5. The van der Waals surface area contributed by atoms with Gasteiger partial charge in [0.05, 0.1) is 5.69 Å². The molecule has 0 N–H and O–H groups in total. The van der Waals surface area contributed by atoms with E-state index < -0.39 is 6.36 Å². The molecular formula is C14H8BrF3N2O2. The first kappa shape index (κ1) is 14.8. The molecule has 0 radical (unpaired) electrons. The van der Waals surface area contributed by atoms with Crippen LogP contribution in [0.15, 0.2) is 41.1 Å². The van der Waals surface area contributed by atoms with Crippen molar-refractivity contribution >= 4 is 27.2 Å². The molecule has 2 heterocycles. The Hall–Kier alpha value is -2.09. The van der Waals surface area contributed by atoms with Gasteiger partial charge in [0.2, 0.25) is 5.71 Å². The van der Waals surface area contributed by atoms with Gasteiger partial charge in [0.1, 0.15) is 11.3 Å². The van der Waals surface area contributed by atoms with Crippen LogP contribution in [-0.4, -0.2) is 16.3 Å². The van der Waals surface area contributed by atoms with Crippen molar-refractivity contribution in [3.05, 3.63) is 42.4 Å². The molecule has 4 nitrogen and oxygen atoms in total. The highest BCUT2D eigenvalue weighted by Gasteiger charge is 2.31. The molecule has 0 aliphatic carbocycles. The number of nitrogens with zero attached hydrogens (tertiary/aromatic N) is 2. The second kappa shape index (κ2) is 5.60. The number of halogens is 4. The number of hydrogen-bond acceptors (Lipinski definition) is 4. The zero-order chi connectivity index (χ0) is 15.7. The number of aromatic nitrogens is 2. The van der Waals surface area contributed by atoms with E-state index in [4.69, 9.17) is 4.42 Å². The normalized spacial score (nSPS) is 11.8. The van der Waals surface area contributed by atoms with Crippen LogP contribution in [0.1, 0.15) is 5.69 Å². The number of pyridine rings is 1. The summed E-state index contributed by atoms with van der Waals surface area (Å²) in [5.41, 5.74) is 3.08. The lowest BCUT2D eigenvalue weighted by Crippen LogP contribution is -2.16. The zero-order valence-electron chi connectivity index (χ0n) is 10.9. The highest BCUT2D eigenvalue weighted by atomic mass is 79.9. The molecule has 114 valence electrons. The Morgan fingerprint density at radius 2 is 1.91 bits per heavy atom. The molecule has 0 bridgehead atoms. The topological polar surface area (TPSA) is 48.2 Å². The first-order valence-electron chi connectivity index (χ1n) is 6.11. The van der Waals surface area contributed by atoms with E-state index >= 15 is 0 Å². The first-order valence-corrected chi connectivity index (χ1v) is 7.24. The molecule has 2 aromatic heterocycles. The van der Waals surface area contributed by atoms with Crippen molar-refractivity contribution < 1.29 is 22.3 Å². The Labute approximate surface area is 131 Å². The molecule has 0 saturated heterocycles. The smallest absolute Gasteiger partial charge is 0.425 e. The van der Waals surface area contributed by atoms with Crippen LogP contribution in [0.3, 0.4) is 0 Å². The summed E-state index contributed by atoms with van der Waals surface area (Å²) in [5, 5.41) is 0.520. The second-order valence-corrected chi connectivity index (χ2v) is 4.93. The Morgan fingerprint density at radius 3 is 2.55 bits per heavy atom. The number of oxazole rings is 1.